The molecule has 1 saturated carbocycles. The molecule has 0 amide bonds. The molecule has 2 saturated heterocycles. The summed E-state index contributed by atoms with van der Waals surface area (Å²) in [5.41, 5.74) is 0.553. The van der Waals surface area contributed by atoms with Gasteiger partial charge < -0.3 is 9.67 Å². The summed E-state index contributed by atoms with van der Waals surface area (Å²) in [6.45, 7) is 0. The predicted octanol–water partition coefficient (Wildman–Crippen LogP) is 5.16. The van der Waals surface area contributed by atoms with Crippen LogP contribution in [-0.2, 0) is 0 Å². The summed E-state index contributed by atoms with van der Waals surface area (Å²) in [4.78, 5) is 32.0. The van der Waals surface area contributed by atoms with E-state index in [2.05, 4.69) is 9.88 Å². The average Bonchev–Trinajstić information content (AvgIpc) is 2.91. The summed E-state index contributed by atoms with van der Waals surface area (Å²) in [5, 5.41) is 9.61. The monoisotopic (exact) mass is 437 g/mol. The average molecular weight is 438 g/mol. The van der Waals surface area contributed by atoms with Crippen LogP contribution in [0.4, 0.5) is 0 Å². The molecule has 1 aliphatic carbocycles. The summed E-state index contributed by atoms with van der Waals surface area (Å²) >= 11 is 0. The van der Waals surface area contributed by atoms with Crippen molar-refractivity contribution in [1.29, 1.82) is 0 Å². The lowest BCUT2D eigenvalue weighted by Crippen LogP contribution is -2.57. The smallest absolute Gasteiger partial charge is 0.360 e. The SMILES string of the molecule is O=C(O)c1nc2ccccc2n(C2C[C@H]3CCC[C@@H](C2)N3C2CCCCCCCC2)c1=O. The Morgan fingerprint density at radius 2 is 1.41 bits per heavy atom. The van der Waals surface area contributed by atoms with Gasteiger partial charge >= 0.3 is 5.97 Å². The van der Waals surface area contributed by atoms with Gasteiger partial charge in [-0.3, -0.25) is 9.69 Å². The molecular weight excluding hydrogens is 402 g/mol. The lowest BCUT2D eigenvalue weighted by Gasteiger charge is -2.53. The van der Waals surface area contributed by atoms with Crippen LogP contribution in [-0.4, -0.2) is 43.7 Å². The molecule has 172 valence electrons. The highest BCUT2D eigenvalue weighted by Gasteiger charge is 2.42. The number of rotatable bonds is 3. The van der Waals surface area contributed by atoms with Crippen LogP contribution < -0.4 is 5.56 Å². The normalized spacial score (nSPS) is 28.1. The summed E-state index contributed by atoms with van der Waals surface area (Å²) in [5.74, 6) is -1.24. The van der Waals surface area contributed by atoms with E-state index in [1.807, 2.05) is 24.3 Å². The first-order valence-electron chi connectivity index (χ1n) is 12.7. The van der Waals surface area contributed by atoms with E-state index in [9.17, 15) is 14.7 Å². The number of para-hydroxylation sites is 2. The van der Waals surface area contributed by atoms with Crippen LogP contribution in [0, 0.1) is 0 Å². The number of benzene rings is 1. The number of hydrogen-bond donors (Lipinski definition) is 1. The lowest BCUT2D eigenvalue weighted by atomic mass is 9.79. The van der Waals surface area contributed by atoms with Crippen molar-refractivity contribution < 1.29 is 9.90 Å². The van der Waals surface area contributed by atoms with Crippen LogP contribution in [0.2, 0.25) is 0 Å². The maximum atomic E-state index is 13.3. The zero-order chi connectivity index (χ0) is 22.1. The van der Waals surface area contributed by atoms with E-state index < -0.39 is 11.5 Å². The molecule has 1 N–H and O–H groups in total. The fourth-order valence-electron chi connectivity index (χ4n) is 6.76. The maximum Gasteiger partial charge on any atom is 0.360 e. The summed E-state index contributed by atoms with van der Waals surface area (Å²) in [7, 11) is 0. The Morgan fingerprint density at radius 3 is 2.06 bits per heavy atom. The zero-order valence-electron chi connectivity index (χ0n) is 18.9. The number of carbonyl (C=O) groups is 1. The van der Waals surface area contributed by atoms with Gasteiger partial charge in [0.2, 0.25) is 5.69 Å². The summed E-state index contributed by atoms with van der Waals surface area (Å²) < 4.78 is 1.78. The van der Waals surface area contributed by atoms with Crippen molar-refractivity contribution in [3.8, 4) is 0 Å². The highest BCUT2D eigenvalue weighted by atomic mass is 16.4. The van der Waals surface area contributed by atoms with Gasteiger partial charge in [-0.1, -0.05) is 57.1 Å². The van der Waals surface area contributed by atoms with Crippen LogP contribution in [0.3, 0.4) is 0 Å². The number of aromatic nitrogens is 2. The van der Waals surface area contributed by atoms with Crippen LogP contribution in [0.1, 0.15) is 100 Å². The molecule has 0 spiro atoms. The van der Waals surface area contributed by atoms with Gasteiger partial charge in [-0.25, -0.2) is 9.78 Å². The third-order valence-corrected chi connectivity index (χ3v) is 8.12. The van der Waals surface area contributed by atoms with Crippen molar-refractivity contribution in [3.05, 3.63) is 40.3 Å². The minimum atomic E-state index is -1.24. The van der Waals surface area contributed by atoms with E-state index in [1.54, 1.807) is 4.57 Å². The van der Waals surface area contributed by atoms with Gasteiger partial charge in [0.1, 0.15) is 0 Å². The Bertz CT molecular complexity index is 1010. The van der Waals surface area contributed by atoms with Crippen molar-refractivity contribution in [2.45, 2.75) is 108 Å². The van der Waals surface area contributed by atoms with Gasteiger partial charge in [-0.05, 0) is 50.7 Å². The number of piperidine rings is 2. The molecule has 1 aromatic carbocycles. The molecule has 1 aromatic heterocycles. The second kappa shape index (κ2) is 9.34. The van der Waals surface area contributed by atoms with Crippen LogP contribution in [0.5, 0.6) is 0 Å². The van der Waals surface area contributed by atoms with E-state index in [-0.39, 0.29) is 11.7 Å². The largest absolute Gasteiger partial charge is 0.476 e. The number of aromatic carboxylic acids is 1. The molecular formula is C26H35N3O3. The second-order valence-electron chi connectivity index (χ2n) is 10.1. The van der Waals surface area contributed by atoms with Crippen molar-refractivity contribution >= 4 is 17.0 Å². The Kier molecular flexibility index (Phi) is 6.31. The van der Waals surface area contributed by atoms with E-state index in [0.29, 0.717) is 23.6 Å². The van der Waals surface area contributed by atoms with Gasteiger partial charge in [-0.2, -0.15) is 0 Å². The van der Waals surface area contributed by atoms with E-state index >= 15 is 0 Å². The molecule has 2 aromatic rings. The highest BCUT2D eigenvalue weighted by molar-refractivity contribution is 5.88. The van der Waals surface area contributed by atoms with Crippen molar-refractivity contribution in [2.75, 3.05) is 0 Å². The molecule has 3 aliphatic rings. The summed E-state index contributed by atoms with van der Waals surface area (Å²) in [6.07, 6.45) is 16.3. The molecule has 0 radical (unpaired) electrons. The molecule has 32 heavy (non-hydrogen) atoms. The van der Waals surface area contributed by atoms with Gasteiger partial charge in [-0.15, -0.1) is 0 Å². The van der Waals surface area contributed by atoms with Gasteiger partial charge in [0, 0.05) is 24.2 Å². The molecule has 2 bridgehead atoms. The zero-order valence-corrected chi connectivity index (χ0v) is 18.9. The maximum absolute atomic E-state index is 13.3. The van der Waals surface area contributed by atoms with Crippen molar-refractivity contribution in [1.82, 2.24) is 14.5 Å². The molecule has 2 aliphatic heterocycles. The molecule has 6 nitrogen and oxygen atoms in total. The molecule has 6 heteroatoms. The molecule has 3 atom stereocenters. The minimum Gasteiger partial charge on any atom is -0.476 e. The number of nitrogens with zero attached hydrogens (tertiary/aromatic N) is 3. The van der Waals surface area contributed by atoms with Crippen LogP contribution >= 0.6 is 0 Å². The van der Waals surface area contributed by atoms with E-state index in [0.717, 1.165) is 18.4 Å². The second-order valence-corrected chi connectivity index (χ2v) is 10.1. The topological polar surface area (TPSA) is 75.4 Å². The first-order chi connectivity index (χ1) is 15.6. The Balaban J connectivity index is 1.48. The quantitative estimate of drug-likeness (QED) is 0.718. The van der Waals surface area contributed by atoms with Crippen molar-refractivity contribution in [3.63, 3.8) is 0 Å². The third-order valence-electron chi connectivity index (χ3n) is 8.12. The number of carboxylic acids is 1. The highest BCUT2D eigenvalue weighted by Crippen LogP contribution is 2.42. The van der Waals surface area contributed by atoms with Gasteiger partial charge in [0.25, 0.3) is 5.56 Å². The fraction of sp³-hybridized carbons (Fsp3) is 0.654. The summed E-state index contributed by atoms with van der Waals surface area (Å²) in [6, 6.07) is 9.18. The molecule has 3 heterocycles. The van der Waals surface area contributed by atoms with E-state index in [4.69, 9.17) is 0 Å². The minimum absolute atomic E-state index is 0.0383. The van der Waals surface area contributed by atoms with Gasteiger partial charge in [0.05, 0.1) is 11.0 Å². The first kappa shape index (κ1) is 21.6. The standard InChI is InChI=1S/C26H35N3O3/c30-25-24(26(31)32)27-22-14-7-8-15-23(22)29(25)21-16-19-12-9-13-20(17-21)28(19)18-10-5-3-1-2-4-6-11-18/h7-8,14-15,18-21H,1-6,9-13,16-17H2,(H,31,32)/t19-,20+,21?. The number of hydrogen-bond acceptors (Lipinski definition) is 4. The van der Waals surface area contributed by atoms with E-state index in [1.165, 1.54) is 70.6 Å². The first-order valence-corrected chi connectivity index (χ1v) is 12.7. The fourth-order valence-corrected chi connectivity index (χ4v) is 6.76. The van der Waals surface area contributed by atoms with Crippen LogP contribution in [0.15, 0.2) is 29.1 Å². The molecule has 5 rings (SSSR count). The third kappa shape index (κ3) is 4.09. The van der Waals surface area contributed by atoms with Crippen LogP contribution in [0.25, 0.3) is 11.0 Å². The molecule has 3 fully saturated rings. The number of fused-ring (bicyclic) bond motifs is 3. The Hall–Kier alpha value is -2.21. The Morgan fingerprint density at radius 1 is 0.812 bits per heavy atom. The van der Waals surface area contributed by atoms with Crippen molar-refractivity contribution in [2.24, 2.45) is 0 Å². The number of carboxylic acid groups (broad SMARTS) is 1. The lowest BCUT2D eigenvalue weighted by molar-refractivity contribution is -0.0232. The predicted molar refractivity (Wildman–Crippen MR) is 125 cm³/mol. The molecule has 1 unspecified atom stereocenters. The Labute approximate surface area is 189 Å². The van der Waals surface area contributed by atoms with Gasteiger partial charge in [0.15, 0.2) is 0 Å².